The summed E-state index contributed by atoms with van der Waals surface area (Å²) in [6, 6.07) is 5.49. The van der Waals surface area contributed by atoms with E-state index in [0.29, 0.717) is 5.02 Å². The zero-order valence-electron chi connectivity index (χ0n) is 10.8. The molecule has 0 aromatic heterocycles. The Morgan fingerprint density at radius 1 is 1.55 bits per heavy atom. The maximum Gasteiger partial charge on any atom is 0.326 e. The highest BCUT2D eigenvalue weighted by Gasteiger charge is 2.33. The van der Waals surface area contributed by atoms with Gasteiger partial charge in [0.15, 0.2) is 5.79 Å². The molecule has 1 heterocycles. The lowest BCUT2D eigenvalue weighted by Gasteiger charge is -2.29. The van der Waals surface area contributed by atoms with Gasteiger partial charge in [0.1, 0.15) is 0 Å². The molecule has 0 amide bonds. The molecule has 1 unspecified atom stereocenters. The standard InChI is InChI=1S/C12H14ClN5O2/c1-7-3-2-4-9(13)8(7)5-12(15)16-6-10(18(19)20)11(14)17-12/h2-4,6,16H,5,15H2,1H3,(H2,14,17). The SMILES string of the molecule is Cc1cccc(Cl)c1CC1(N)N=C(N)C([N+](=O)[O-])=CN1. The van der Waals surface area contributed by atoms with Crippen LogP contribution in [0.5, 0.6) is 0 Å². The van der Waals surface area contributed by atoms with E-state index in [1.54, 1.807) is 6.07 Å². The minimum atomic E-state index is -1.25. The molecule has 1 aliphatic rings. The van der Waals surface area contributed by atoms with E-state index in [1.807, 2.05) is 19.1 Å². The summed E-state index contributed by atoms with van der Waals surface area (Å²) in [5.74, 6) is -1.46. The Labute approximate surface area is 120 Å². The third kappa shape index (κ3) is 2.73. The van der Waals surface area contributed by atoms with Crippen molar-refractivity contribution in [1.82, 2.24) is 5.32 Å². The van der Waals surface area contributed by atoms with Crippen molar-refractivity contribution in [2.24, 2.45) is 16.5 Å². The van der Waals surface area contributed by atoms with Crippen molar-refractivity contribution in [3.05, 3.63) is 56.4 Å². The summed E-state index contributed by atoms with van der Waals surface area (Å²) in [5.41, 5.74) is 13.1. The van der Waals surface area contributed by atoms with Crippen molar-refractivity contribution in [3.63, 3.8) is 0 Å². The maximum absolute atomic E-state index is 10.7. The number of aliphatic imine (C=N–C) groups is 1. The second-order valence-corrected chi connectivity index (χ2v) is 4.97. The number of hydrogen-bond acceptors (Lipinski definition) is 6. The van der Waals surface area contributed by atoms with E-state index in [2.05, 4.69) is 10.3 Å². The Morgan fingerprint density at radius 2 is 2.25 bits per heavy atom. The molecule has 1 aliphatic heterocycles. The number of nitrogens with one attached hydrogen (secondary N) is 1. The van der Waals surface area contributed by atoms with E-state index < -0.39 is 10.7 Å². The largest absolute Gasteiger partial charge is 0.378 e. The Balaban J connectivity index is 2.29. The van der Waals surface area contributed by atoms with Gasteiger partial charge in [0.05, 0.1) is 11.1 Å². The van der Waals surface area contributed by atoms with Crippen LogP contribution in [-0.4, -0.2) is 16.5 Å². The van der Waals surface area contributed by atoms with Crippen molar-refractivity contribution in [1.29, 1.82) is 0 Å². The zero-order valence-corrected chi connectivity index (χ0v) is 11.5. The number of amidine groups is 1. The highest BCUT2D eigenvalue weighted by Crippen LogP contribution is 2.24. The van der Waals surface area contributed by atoms with E-state index in [-0.39, 0.29) is 18.0 Å². The fourth-order valence-corrected chi connectivity index (χ4v) is 2.26. The van der Waals surface area contributed by atoms with Crippen LogP contribution >= 0.6 is 11.6 Å². The first kappa shape index (κ1) is 14.3. The zero-order chi connectivity index (χ0) is 14.9. The van der Waals surface area contributed by atoms with Crippen molar-refractivity contribution in [2.45, 2.75) is 19.1 Å². The summed E-state index contributed by atoms with van der Waals surface area (Å²) < 4.78 is 0. The molecule has 1 atom stereocenters. The summed E-state index contributed by atoms with van der Waals surface area (Å²) in [7, 11) is 0. The van der Waals surface area contributed by atoms with E-state index >= 15 is 0 Å². The van der Waals surface area contributed by atoms with Crippen LogP contribution < -0.4 is 16.8 Å². The molecule has 0 saturated carbocycles. The van der Waals surface area contributed by atoms with E-state index in [4.69, 9.17) is 23.1 Å². The van der Waals surface area contributed by atoms with E-state index in [1.165, 1.54) is 0 Å². The van der Waals surface area contributed by atoms with Gasteiger partial charge in [0.2, 0.25) is 5.84 Å². The van der Waals surface area contributed by atoms with Crippen LogP contribution in [0.4, 0.5) is 0 Å². The minimum Gasteiger partial charge on any atom is -0.378 e. The maximum atomic E-state index is 10.7. The van der Waals surface area contributed by atoms with Crippen LogP contribution in [0, 0.1) is 17.0 Å². The van der Waals surface area contributed by atoms with Crippen LogP contribution in [0.3, 0.4) is 0 Å². The van der Waals surface area contributed by atoms with Crippen molar-refractivity contribution >= 4 is 17.4 Å². The fourth-order valence-electron chi connectivity index (χ4n) is 1.97. The molecule has 7 nitrogen and oxygen atoms in total. The summed E-state index contributed by atoms with van der Waals surface area (Å²) >= 11 is 6.14. The number of nitrogens with two attached hydrogens (primary N) is 2. The number of aryl methyl sites for hydroxylation is 1. The molecule has 0 aliphatic carbocycles. The van der Waals surface area contributed by atoms with Gasteiger partial charge in [-0.3, -0.25) is 15.8 Å². The quantitative estimate of drug-likeness (QED) is 0.565. The first-order chi connectivity index (χ1) is 9.32. The molecule has 20 heavy (non-hydrogen) atoms. The smallest absolute Gasteiger partial charge is 0.326 e. The summed E-state index contributed by atoms with van der Waals surface area (Å²) in [4.78, 5) is 14.1. The van der Waals surface area contributed by atoms with Gasteiger partial charge >= 0.3 is 5.70 Å². The molecule has 1 aromatic rings. The van der Waals surface area contributed by atoms with Crippen molar-refractivity contribution in [2.75, 3.05) is 0 Å². The fraction of sp³-hybridized carbons (Fsp3) is 0.250. The Kier molecular flexibility index (Phi) is 3.65. The number of hydrogen-bond donors (Lipinski definition) is 3. The Bertz CT molecular complexity index is 608. The first-order valence-electron chi connectivity index (χ1n) is 5.83. The van der Waals surface area contributed by atoms with Crippen LogP contribution in [0.25, 0.3) is 0 Å². The van der Waals surface area contributed by atoms with E-state index in [0.717, 1.165) is 17.3 Å². The first-order valence-corrected chi connectivity index (χ1v) is 6.21. The van der Waals surface area contributed by atoms with Crippen LogP contribution in [-0.2, 0) is 6.42 Å². The van der Waals surface area contributed by atoms with Crippen molar-refractivity contribution < 1.29 is 4.92 Å². The number of halogens is 1. The van der Waals surface area contributed by atoms with Gasteiger partial charge in [-0.05, 0) is 24.1 Å². The number of nitro groups is 1. The van der Waals surface area contributed by atoms with Crippen LogP contribution in [0.15, 0.2) is 35.1 Å². The molecule has 2 rings (SSSR count). The summed E-state index contributed by atoms with van der Waals surface area (Å²) in [6.07, 6.45) is 1.43. The molecule has 0 saturated heterocycles. The van der Waals surface area contributed by atoms with Gasteiger partial charge in [-0.15, -0.1) is 0 Å². The topological polar surface area (TPSA) is 120 Å². The Morgan fingerprint density at radius 3 is 2.80 bits per heavy atom. The minimum absolute atomic E-state index is 0.207. The number of nitrogens with zero attached hydrogens (tertiary/aromatic N) is 2. The second kappa shape index (κ2) is 5.10. The average molecular weight is 296 g/mol. The van der Waals surface area contributed by atoms with Crippen LogP contribution in [0.2, 0.25) is 5.02 Å². The Hall–Kier alpha value is -2.12. The molecule has 0 fully saturated rings. The summed E-state index contributed by atoms with van der Waals surface area (Å²) in [5, 5.41) is 14.0. The molecule has 0 radical (unpaired) electrons. The predicted octanol–water partition coefficient (Wildman–Crippen LogP) is 0.882. The molecule has 106 valence electrons. The molecule has 0 bridgehead atoms. The highest BCUT2D eigenvalue weighted by atomic mass is 35.5. The molecular formula is C12H14ClN5O2. The number of benzene rings is 1. The lowest BCUT2D eigenvalue weighted by Crippen LogP contribution is -2.55. The van der Waals surface area contributed by atoms with Crippen molar-refractivity contribution in [3.8, 4) is 0 Å². The lowest BCUT2D eigenvalue weighted by atomic mass is 10.0. The molecule has 5 N–H and O–H groups in total. The average Bonchev–Trinajstić information content (AvgIpc) is 2.33. The van der Waals surface area contributed by atoms with Gasteiger partial charge in [-0.2, -0.15) is 0 Å². The molecule has 0 spiro atoms. The van der Waals surface area contributed by atoms with Gasteiger partial charge in [-0.25, -0.2) is 4.99 Å². The summed E-state index contributed by atoms with van der Waals surface area (Å²) in [6.45, 7) is 1.90. The van der Waals surface area contributed by atoms with Gasteiger partial charge in [0, 0.05) is 11.4 Å². The normalized spacial score (nSPS) is 21.8. The van der Waals surface area contributed by atoms with E-state index in [9.17, 15) is 10.1 Å². The van der Waals surface area contributed by atoms with Gasteiger partial charge in [0.25, 0.3) is 0 Å². The van der Waals surface area contributed by atoms with Gasteiger partial charge < -0.3 is 11.1 Å². The predicted molar refractivity (Wildman–Crippen MR) is 76.6 cm³/mol. The molecule has 1 aromatic carbocycles. The van der Waals surface area contributed by atoms with Gasteiger partial charge in [-0.1, -0.05) is 23.7 Å². The molecule has 8 heteroatoms. The highest BCUT2D eigenvalue weighted by molar-refractivity contribution is 6.31. The lowest BCUT2D eigenvalue weighted by molar-refractivity contribution is -0.416. The third-order valence-electron chi connectivity index (χ3n) is 3.04. The number of rotatable bonds is 3. The monoisotopic (exact) mass is 295 g/mol. The second-order valence-electron chi connectivity index (χ2n) is 4.56. The molecular weight excluding hydrogens is 282 g/mol. The third-order valence-corrected chi connectivity index (χ3v) is 3.39. The van der Waals surface area contributed by atoms with Crippen LogP contribution in [0.1, 0.15) is 11.1 Å².